The summed E-state index contributed by atoms with van der Waals surface area (Å²) in [4.78, 5) is 0. The molecule has 0 spiro atoms. The smallest absolute Gasteiger partial charge is 0.178 e. The molecule has 0 saturated heterocycles. The third-order valence-corrected chi connectivity index (χ3v) is 0.923. The average molecular weight is 142 g/mol. The molecule has 0 bridgehead atoms. The van der Waals surface area contributed by atoms with E-state index in [9.17, 15) is 0 Å². The number of ether oxygens (including phenoxy) is 1. The van der Waals surface area contributed by atoms with Crippen LogP contribution < -0.4 is 10.5 Å². The summed E-state index contributed by atoms with van der Waals surface area (Å²) in [6.45, 7) is 2.36. The van der Waals surface area contributed by atoms with Gasteiger partial charge in [-0.05, 0) is 6.92 Å². The van der Waals surface area contributed by atoms with Gasteiger partial charge in [-0.3, -0.25) is 0 Å². The maximum absolute atomic E-state index is 5.43. The first kappa shape index (κ1) is 7.08. The van der Waals surface area contributed by atoms with Crippen molar-refractivity contribution in [2.75, 3.05) is 6.61 Å². The molecule has 56 valence electrons. The van der Waals surface area contributed by atoms with Crippen LogP contribution in [0.5, 0.6) is 5.75 Å². The highest BCUT2D eigenvalue weighted by atomic mass is 16.5. The van der Waals surface area contributed by atoms with Gasteiger partial charge in [-0.25, -0.2) is 0 Å². The zero-order valence-corrected chi connectivity index (χ0v) is 5.78. The number of hydrogen-bond acceptors (Lipinski definition) is 4. The Hall–Kier alpha value is -1.03. The van der Waals surface area contributed by atoms with Crippen LogP contribution in [0.3, 0.4) is 0 Å². The lowest BCUT2D eigenvalue weighted by atomic mass is 10.4. The number of aromatic nitrogens is 1. The molecule has 0 saturated carbocycles. The lowest BCUT2D eigenvalue weighted by Crippen LogP contribution is -2.23. The zero-order chi connectivity index (χ0) is 7.40. The van der Waals surface area contributed by atoms with Crippen LogP contribution in [-0.4, -0.2) is 17.8 Å². The van der Waals surface area contributed by atoms with Gasteiger partial charge in [-0.1, -0.05) is 5.16 Å². The Balaban J connectivity index is 2.28. The van der Waals surface area contributed by atoms with E-state index in [0.717, 1.165) is 0 Å². The van der Waals surface area contributed by atoms with Crippen LogP contribution in [0.15, 0.2) is 17.0 Å². The fourth-order valence-corrected chi connectivity index (χ4v) is 0.494. The van der Waals surface area contributed by atoms with Crippen molar-refractivity contribution in [3.8, 4) is 5.75 Å². The Labute approximate surface area is 58.9 Å². The lowest BCUT2D eigenvalue weighted by molar-refractivity contribution is 0.292. The fraction of sp³-hybridized carbons (Fsp3) is 0.500. The first-order chi connectivity index (χ1) is 4.79. The fourth-order valence-electron chi connectivity index (χ4n) is 0.494. The molecule has 0 amide bonds. The van der Waals surface area contributed by atoms with Crippen LogP contribution in [0.4, 0.5) is 0 Å². The Morgan fingerprint density at radius 1 is 1.90 bits per heavy atom. The minimum absolute atomic E-state index is 0.0369. The van der Waals surface area contributed by atoms with Crippen LogP contribution in [0, 0.1) is 0 Å². The second-order valence-electron chi connectivity index (χ2n) is 2.15. The van der Waals surface area contributed by atoms with E-state index in [4.69, 9.17) is 10.5 Å². The minimum atomic E-state index is 0.0369. The van der Waals surface area contributed by atoms with E-state index >= 15 is 0 Å². The molecule has 0 aromatic carbocycles. The molecular formula is C6H10N2O2. The van der Waals surface area contributed by atoms with Crippen molar-refractivity contribution in [2.24, 2.45) is 5.73 Å². The van der Waals surface area contributed by atoms with Crippen LogP contribution in [0.25, 0.3) is 0 Å². The SMILES string of the molecule is CC(N)COc1cnoc1. The second-order valence-corrected chi connectivity index (χ2v) is 2.15. The molecule has 10 heavy (non-hydrogen) atoms. The number of rotatable bonds is 3. The van der Waals surface area contributed by atoms with Gasteiger partial charge in [-0.15, -0.1) is 0 Å². The van der Waals surface area contributed by atoms with Gasteiger partial charge in [0.25, 0.3) is 0 Å². The molecule has 2 N–H and O–H groups in total. The van der Waals surface area contributed by atoms with Gasteiger partial charge in [0.05, 0.1) is 0 Å². The summed E-state index contributed by atoms with van der Waals surface area (Å²) < 4.78 is 9.66. The Bertz CT molecular complexity index is 172. The summed E-state index contributed by atoms with van der Waals surface area (Å²) in [5, 5.41) is 3.46. The Morgan fingerprint density at radius 2 is 2.70 bits per heavy atom. The second kappa shape index (κ2) is 3.22. The average Bonchev–Trinajstić information content (AvgIpc) is 2.34. The number of hydrogen-bond donors (Lipinski definition) is 1. The van der Waals surface area contributed by atoms with Crippen LogP contribution in [-0.2, 0) is 0 Å². The van der Waals surface area contributed by atoms with E-state index in [-0.39, 0.29) is 6.04 Å². The third-order valence-electron chi connectivity index (χ3n) is 0.923. The van der Waals surface area contributed by atoms with E-state index in [1.807, 2.05) is 6.92 Å². The zero-order valence-electron chi connectivity index (χ0n) is 5.78. The first-order valence-corrected chi connectivity index (χ1v) is 3.07. The molecule has 0 aliphatic carbocycles. The first-order valence-electron chi connectivity index (χ1n) is 3.07. The lowest BCUT2D eigenvalue weighted by Gasteiger charge is -2.03. The minimum Gasteiger partial charge on any atom is -0.487 e. The van der Waals surface area contributed by atoms with Gasteiger partial charge in [-0.2, -0.15) is 0 Å². The normalized spacial score (nSPS) is 13.0. The highest BCUT2D eigenvalue weighted by molar-refractivity contribution is 5.07. The molecule has 0 aliphatic heterocycles. The standard InChI is InChI=1S/C6H10N2O2/c1-5(7)3-9-6-2-8-10-4-6/h2,4-5H,3,7H2,1H3. The maximum Gasteiger partial charge on any atom is 0.178 e. The van der Waals surface area contributed by atoms with E-state index < -0.39 is 0 Å². The topological polar surface area (TPSA) is 61.3 Å². The molecule has 0 aliphatic rings. The Morgan fingerprint density at radius 3 is 3.20 bits per heavy atom. The van der Waals surface area contributed by atoms with Crippen molar-refractivity contribution in [2.45, 2.75) is 13.0 Å². The molecule has 0 radical (unpaired) electrons. The van der Waals surface area contributed by atoms with Gasteiger partial charge in [0.15, 0.2) is 12.0 Å². The van der Waals surface area contributed by atoms with Gasteiger partial charge in [0.1, 0.15) is 12.8 Å². The summed E-state index contributed by atoms with van der Waals surface area (Å²) >= 11 is 0. The number of nitrogens with zero attached hydrogens (tertiary/aromatic N) is 1. The highest BCUT2D eigenvalue weighted by Crippen LogP contribution is 2.06. The van der Waals surface area contributed by atoms with Crippen molar-refractivity contribution in [3.05, 3.63) is 12.5 Å². The van der Waals surface area contributed by atoms with E-state index in [1.54, 1.807) is 0 Å². The molecule has 1 unspecified atom stereocenters. The molecule has 1 atom stereocenters. The number of nitrogens with two attached hydrogens (primary N) is 1. The van der Waals surface area contributed by atoms with E-state index in [0.29, 0.717) is 12.4 Å². The molecule has 1 aromatic heterocycles. The largest absolute Gasteiger partial charge is 0.487 e. The van der Waals surface area contributed by atoms with Gasteiger partial charge >= 0.3 is 0 Å². The monoisotopic (exact) mass is 142 g/mol. The van der Waals surface area contributed by atoms with Crippen molar-refractivity contribution in [1.82, 2.24) is 5.16 Å². The summed E-state index contributed by atoms with van der Waals surface area (Å²) in [6, 6.07) is 0.0369. The molecule has 1 heterocycles. The van der Waals surface area contributed by atoms with Crippen molar-refractivity contribution in [3.63, 3.8) is 0 Å². The molecule has 1 rings (SSSR count). The summed E-state index contributed by atoms with van der Waals surface area (Å²) in [5.41, 5.74) is 5.43. The predicted octanol–water partition coefficient (Wildman–Crippen LogP) is 0.401. The van der Waals surface area contributed by atoms with Crippen molar-refractivity contribution < 1.29 is 9.26 Å². The van der Waals surface area contributed by atoms with Crippen LogP contribution in [0.2, 0.25) is 0 Å². The molecule has 1 aromatic rings. The molecular weight excluding hydrogens is 132 g/mol. The summed E-state index contributed by atoms with van der Waals surface area (Å²) in [6.07, 6.45) is 2.94. The third kappa shape index (κ3) is 2.06. The van der Waals surface area contributed by atoms with Crippen molar-refractivity contribution >= 4 is 0 Å². The van der Waals surface area contributed by atoms with Crippen LogP contribution >= 0.6 is 0 Å². The quantitative estimate of drug-likeness (QED) is 0.663. The molecule has 4 nitrogen and oxygen atoms in total. The highest BCUT2D eigenvalue weighted by Gasteiger charge is 1.97. The van der Waals surface area contributed by atoms with E-state index in [2.05, 4.69) is 9.68 Å². The molecule has 0 fully saturated rings. The Kier molecular flexibility index (Phi) is 2.28. The predicted molar refractivity (Wildman–Crippen MR) is 35.6 cm³/mol. The van der Waals surface area contributed by atoms with Gasteiger partial charge < -0.3 is 15.0 Å². The van der Waals surface area contributed by atoms with Gasteiger partial charge in [0.2, 0.25) is 0 Å². The van der Waals surface area contributed by atoms with E-state index in [1.165, 1.54) is 12.5 Å². The van der Waals surface area contributed by atoms with Crippen LogP contribution in [0.1, 0.15) is 6.92 Å². The maximum atomic E-state index is 5.43. The summed E-state index contributed by atoms with van der Waals surface area (Å²) in [7, 11) is 0. The van der Waals surface area contributed by atoms with Crippen molar-refractivity contribution in [1.29, 1.82) is 0 Å². The molecule has 4 heteroatoms. The summed E-state index contributed by atoms with van der Waals surface area (Å²) in [5.74, 6) is 0.623. The van der Waals surface area contributed by atoms with Gasteiger partial charge in [0, 0.05) is 6.04 Å².